The molecule has 1 aliphatic rings. The first-order chi connectivity index (χ1) is 14.6. The van der Waals surface area contributed by atoms with E-state index < -0.39 is 17.5 Å². The quantitative estimate of drug-likeness (QED) is 0.435. The van der Waals surface area contributed by atoms with Crippen LogP contribution < -0.4 is 0 Å². The third-order valence-corrected chi connectivity index (χ3v) is 4.95. The minimum absolute atomic E-state index is 0.109. The van der Waals surface area contributed by atoms with Gasteiger partial charge in [0.1, 0.15) is 11.6 Å². The predicted molar refractivity (Wildman–Crippen MR) is 111 cm³/mol. The molecule has 0 bridgehead atoms. The first-order valence-electron chi connectivity index (χ1n) is 9.69. The molecule has 1 heterocycles. The van der Waals surface area contributed by atoms with E-state index in [1.165, 1.54) is 0 Å². The van der Waals surface area contributed by atoms with Gasteiger partial charge in [0.05, 0.1) is 12.2 Å². The van der Waals surface area contributed by atoms with Crippen molar-refractivity contribution in [2.24, 2.45) is 4.99 Å². The summed E-state index contributed by atoms with van der Waals surface area (Å²) >= 11 is 0. The molecule has 0 saturated heterocycles. The summed E-state index contributed by atoms with van der Waals surface area (Å²) in [5.41, 5.74) is 4.06. The molecule has 1 amide bonds. The van der Waals surface area contributed by atoms with E-state index in [0.717, 1.165) is 34.4 Å². The molecule has 3 aromatic rings. The molecule has 0 atom stereocenters. The van der Waals surface area contributed by atoms with Crippen molar-refractivity contribution in [1.29, 1.82) is 0 Å². The standard InChI is InChI=1S/C24H20F2N2O2/c1-2-30-24(27-23(29)21-12-11-18(25)13-22(21)26)28-14-16-7-3-5-9-19(16)20-10-6-4-8-17(20)15-28/h3-13H,2,14-15H2,1H3. The number of benzene rings is 3. The molecule has 30 heavy (non-hydrogen) atoms. The lowest BCUT2D eigenvalue weighted by Crippen LogP contribution is -2.32. The van der Waals surface area contributed by atoms with Crippen LogP contribution in [-0.2, 0) is 17.8 Å². The summed E-state index contributed by atoms with van der Waals surface area (Å²) in [6, 6.07) is 19.0. The van der Waals surface area contributed by atoms with Crippen molar-refractivity contribution in [3.8, 4) is 11.1 Å². The molecule has 0 spiro atoms. The first kappa shape index (κ1) is 19.8. The Bertz CT molecular complexity index is 1080. The number of ether oxygens (including phenoxy) is 1. The van der Waals surface area contributed by atoms with Gasteiger partial charge < -0.3 is 9.64 Å². The van der Waals surface area contributed by atoms with Crippen molar-refractivity contribution < 1.29 is 18.3 Å². The topological polar surface area (TPSA) is 41.9 Å². The highest BCUT2D eigenvalue weighted by Crippen LogP contribution is 2.32. The van der Waals surface area contributed by atoms with Crippen molar-refractivity contribution in [3.05, 3.63) is 95.1 Å². The molecule has 6 heteroatoms. The maximum absolute atomic E-state index is 14.1. The van der Waals surface area contributed by atoms with Crippen LogP contribution in [0.5, 0.6) is 0 Å². The molecule has 152 valence electrons. The minimum Gasteiger partial charge on any atom is -0.465 e. The van der Waals surface area contributed by atoms with Crippen LogP contribution in [0.3, 0.4) is 0 Å². The Morgan fingerprint density at radius 3 is 2.13 bits per heavy atom. The zero-order chi connectivity index (χ0) is 21.1. The number of amides is 1. The smallest absolute Gasteiger partial charge is 0.296 e. The molecular weight excluding hydrogens is 386 g/mol. The molecule has 0 fully saturated rings. The summed E-state index contributed by atoms with van der Waals surface area (Å²) in [5.74, 6) is -2.52. The second-order valence-corrected chi connectivity index (χ2v) is 6.93. The Hall–Kier alpha value is -3.54. The van der Waals surface area contributed by atoms with Gasteiger partial charge >= 0.3 is 0 Å². The van der Waals surface area contributed by atoms with Crippen molar-refractivity contribution in [1.82, 2.24) is 4.90 Å². The van der Waals surface area contributed by atoms with Crippen LogP contribution in [0, 0.1) is 11.6 Å². The number of amidine groups is 1. The lowest BCUT2D eigenvalue weighted by Gasteiger charge is -2.24. The highest BCUT2D eigenvalue weighted by molar-refractivity contribution is 6.01. The lowest BCUT2D eigenvalue weighted by molar-refractivity contribution is 0.0989. The van der Waals surface area contributed by atoms with Gasteiger partial charge in [-0.2, -0.15) is 4.99 Å². The second kappa shape index (κ2) is 8.45. The molecule has 1 aliphatic heterocycles. The number of rotatable bonds is 2. The average molecular weight is 406 g/mol. The zero-order valence-corrected chi connectivity index (χ0v) is 16.4. The number of aliphatic imine (C=N–C) groups is 1. The van der Waals surface area contributed by atoms with Gasteiger partial charge in [0.15, 0.2) is 0 Å². The molecule has 0 unspecified atom stereocenters. The van der Waals surface area contributed by atoms with E-state index in [9.17, 15) is 13.6 Å². The van der Waals surface area contributed by atoms with Crippen molar-refractivity contribution in [2.75, 3.05) is 6.61 Å². The van der Waals surface area contributed by atoms with Gasteiger partial charge in [-0.25, -0.2) is 8.78 Å². The van der Waals surface area contributed by atoms with Crippen molar-refractivity contribution in [2.45, 2.75) is 20.0 Å². The number of hydrogen-bond acceptors (Lipinski definition) is 2. The summed E-state index contributed by atoms with van der Waals surface area (Å²) in [4.78, 5) is 18.5. The minimum atomic E-state index is -0.953. The van der Waals surface area contributed by atoms with Gasteiger partial charge in [-0.1, -0.05) is 48.5 Å². The van der Waals surface area contributed by atoms with Gasteiger partial charge in [-0.3, -0.25) is 4.79 Å². The van der Waals surface area contributed by atoms with Gasteiger partial charge in [-0.05, 0) is 41.3 Å². The summed E-state index contributed by atoms with van der Waals surface area (Å²) in [7, 11) is 0. The SMILES string of the molecule is CCOC(=NC(=O)c1ccc(F)cc1F)N1Cc2ccccc2-c2ccccc2C1. The Labute approximate surface area is 173 Å². The largest absolute Gasteiger partial charge is 0.465 e. The number of carbonyl (C=O) groups is 1. The van der Waals surface area contributed by atoms with E-state index in [1.807, 2.05) is 41.3 Å². The highest BCUT2D eigenvalue weighted by atomic mass is 19.1. The first-order valence-corrected chi connectivity index (χ1v) is 9.69. The van der Waals surface area contributed by atoms with Gasteiger partial charge in [0.25, 0.3) is 11.9 Å². The normalized spacial score (nSPS) is 13.3. The fourth-order valence-electron chi connectivity index (χ4n) is 3.58. The van der Waals surface area contributed by atoms with E-state index in [2.05, 4.69) is 17.1 Å². The summed E-state index contributed by atoms with van der Waals surface area (Å²) in [6.45, 7) is 3.03. The molecular formula is C24H20F2N2O2. The van der Waals surface area contributed by atoms with E-state index in [-0.39, 0.29) is 18.2 Å². The van der Waals surface area contributed by atoms with Crippen LogP contribution in [0.2, 0.25) is 0 Å². The summed E-state index contributed by atoms with van der Waals surface area (Å²) in [5, 5.41) is 0. The monoisotopic (exact) mass is 406 g/mol. The van der Waals surface area contributed by atoms with E-state index >= 15 is 0 Å². The van der Waals surface area contributed by atoms with E-state index in [4.69, 9.17) is 4.74 Å². The molecule has 0 aromatic heterocycles. The van der Waals surface area contributed by atoms with Crippen LogP contribution in [-0.4, -0.2) is 23.4 Å². The number of halogens is 2. The van der Waals surface area contributed by atoms with Gasteiger partial charge in [0.2, 0.25) is 0 Å². The van der Waals surface area contributed by atoms with Crippen molar-refractivity contribution in [3.63, 3.8) is 0 Å². The number of nitrogens with zero attached hydrogens (tertiary/aromatic N) is 2. The molecule has 0 saturated carbocycles. The van der Waals surface area contributed by atoms with Crippen LogP contribution in [0.15, 0.2) is 71.7 Å². The van der Waals surface area contributed by atoms with Gasteiger partial charge in [-0.15, -0.1) is 0 Å². The van der Waals surface area contributed by atoms with E-state index in [1.54, 1.807) is 6.92 Å². The van der Waals surface area contributed by atoms with Gasteiger partial charge in [0, 0.05) is 19.2 Å². The van der Waals surface area contributed by atoms with Crippen LogP contribution in [0.4, 0.5) is 8.78 Å². The molecule has 0 aliphatic carbocycles. The zero-order valence-electron chi connectivity index (χ0n) is 16.4. The third kappa shape index (κ3) is 3.94. The maximum atomic E-state index is 14.1. The van der Waals surface area contributed by atoms with Crippen LogP contribution in [0.1, 0.15) is 28.4 Å². The lowest BCUT2D eigenvalue weighted by atomic mass is 9.97. The third-order valence-electron chi connectivity index (χ3n) is 4.95. The molecule has 0 radical (unpaired) electrons. The Balaban J connectivity index is 1.74. The van der Waals surface area contributed by atoms with Crippen LogP contribution >= 0.6 is 0 Å². The fraction of sp³-hybridized carbons (Fsp3) is 0.167. The number of hydrogen-bond donors (Lipinski definition) is 0. The fourth-order valence-corrected chi connectivity index (χ4v) is 3.58. The van der Waals surface area contributed by atoms with Crippen molar-refractivity contribution >= 4 is 11.9 Å². The van der Waals surface area contributed by atoms with Crippen LogP contribution in [0.25, 0.3) is 11.1 Å². The summed E-state index contributed by atoms with van der Waals surface area (Å²) in [6.07, 6.45) is 0. The number of fused-ring (bicyclic) bond motifs is 3. The molecule has 3 aromatic carbocycles. The highest BCUT2D eigenvalue weighted by Gasteiger charge is 2.24. The Morgan fingerprint density at radius 2 is 1.57 bits per heavy atom. The molecule has 4 rings (SSSR count). The van der Waals surface area contributed by atoms with E-state index in [0.29, 0.717) is 19.2 Å². The maximum Gasteiger partial charge on any atom is 0.296 e. The molecule has 0 N–H and O–H groups in total. The average Bonchev–Trinajstić information content (AvgIpc) is 2.90. The Kier molecular flexibility index (Phi) is 5.57. The summed E-state index contributed by atoms with van der Waals surface area (Å²) < 4.78 is 32.9. The Morgan fingerprint density at radius 1 is 0.967 bits per heavy atom. The predicted octanol–water partition coefficient (Wildman–Crippen LogP) is 5.18. The molecule has 4 nitrogen and oxygen atoms in total. The second-order valence-electron chi connectivity index (χ2n) is 6.93. The number of carbonyl (C=O) groups excluding carboxylic acids is 1.